The van der Waals surface area contributed by atoms with Crippen LogP contribution in [0.1, 0.15) is 51.5 Å². The van der Waals surface area contributed by atoms with Gasteiger partial charge in [-0.05, 0) is 37.5 Å². The van der Waals surface area contributed by atoms with Gasteiger partial charge in [0.25, 0.3) is 5.88 Å². The van der Waals surface area contributed by atoms with E-state index in [2.05, 4.69) is 27.3 Å². The standard InChI is InChI=1S/C18H23ClFN5O/c1-11-2-4-12(5-3-11)10-26-17-14(20)8-21-18(23-17)22-15-9-25(13-6-7-13)24-16(15)19/h8-9,11-13H,2-7,10H2,1H3,(H,21,22,23). The molecule has 0 bridgehead atoms. The van der Waals surface area contributed by atoms with Crippen molar-refractivity contribution in [2.24, 2.45) is 11.8 Å². The first kappa shape index (κ1) is 17.5. The number of halogens is 2. The third kappa shape index (κ3) is 4.09. The fourth-order valence-electron chi connectivity index (χ4n) is 3.31. The first-order valence-corrected chi connectivity index (χ1v) is 9.63. The van der Waals surface area contributed by atoms with Crippen molar-refractivity contribution in [1.82, 2.24) is 19.7 Å². The Morgan fingerprint density at radius 1 is 1.27 bits per heavy atom. The molecule has 0 aliphatic heterocycles. The van der Waals surface area contributed by atoms with Crippen LogP contribution < -0.4 is 10.1 Å². The number of hydrogen-bond donors (Lipinski definition) is 1. The summed E-state index contributed by atoms with van der Waals surface area (Å²) < 4.78 is 21.5. The number of nitrogens with zero attached hydrogens (tertiary/aromatic N) is 4. The zero-order valence-electron chi connectivity index (χ0n) is 14.8. The topological polar surface area (TPSA) is 64.9 Å². The molecule has 0 atom stereocenters. The van der Waals surface area contributed by atoms with Crippen molar-refractivity contribution in [3.05, 3.63) is 23.4 Å². The summed E-state index contributed by atoms with van der Waals surface area (Å²) in [7, 11) is 0. The number of aromatic nitrogens is 4. The summed E-state index contributed by atoms with van der Waals surface area (Å²) >= 11 is 6.16. The number of rotatable bonds is 6. The Hall–Kier alpha value is -1.89. The molecule has 2 aromatic rings. The van der Waals surface area contributed by atoms with Crippen LogP contribution in [-0.4, -0.2) is 26.4 Å². The SMILES string of the molecule is CC1CCC(COc2nc(Nc3cn(C4CC4)nc3Cl)ncc2F)CC1. The highest BCUT2D eigenvalue weighted by Crippen LogP contribution is 2.37. The van der Waals surface area contributed by atoms with Crippen molar-refractivity contribution in [3.8, 4) is 5.88 Å². The minimum Gasteiger partial charge on any atom is -0.475 e. The normalized spacial score (nSPS) is 23.0. The van der Waals surface area contributed by atoms with Gasteiger partial charge in [0.2, 0.25) is 11.8 Å². The molecule has 2 fully saturated rings. The van der Waals surface area contributed by atoms with Gasteiger partial charge in [-0.1, -0.05) is 31.4 Å². The lowest BCUT2D eigenvalue weighted by Crippen LogP contribution is -2.19. The van der Waals surface area contributed by atoms with Gasteiger partial charge in [-0.3, -0.25) is 4.68 Å². The van der Waals surface area contributed by atoms with E-state index >= 15 is 0 Å². The summed E-state index contributed by atoms with van der Waals surface area (Å²) in [5.41, 5.74) is 0.609. The third-order valence-electron chi connectivity index (χ3n) is 5.16. The second-order valence-electron chi connectivity index (χ2n) is 7.45. The lowest BCUT2D eigenvalue weighted by Gasteiger charge is -2.25. The molecule has 0 amide bonds. The van der Waals surface area contributed by atoms with Gasteiger partial charge in [-0.25, -0.2) is 4.98 Å². The minimum absolute atomic E-state index is 0.0215. The molecule has 0 spiro atoms. The highest BCUT2D eigenvalue weighted by Gasteiger charge is 2.26. The van der Waals surface area contributed by atoms with Crippen LogP contribution in [0.15, 0.2) is 12.4 Å². The summed E-state index contributed by atoms with van der Waals surface area (Å²) in [5.74, 6) is 0.907. The summed E-state index contributed by atoms with van der Waals surface area (Å²) in [4.78, 5) is 8.14. The van der Waals surface area contributed by atoms with Gasteiger partial charge in [0.1, 0.15) is 0 Å². The molecule has 2 aliphatic rings. The van der Waals surface area contributed by atoms with E-state index in [1.165, 1.54) is 12.8 Å². The summed E-state index contributed by atoms with van der Waals surface area (Å²) in [6.07, 6.45) is 9.82. The van der Waals surface area contributed by atoms with Crippen molar-refractivity contribution >= 4 is 23.2 Å². The van der Waals surface area contributed by atoms with Gasteiger partial charge < -0.3 is 10.1 Å². The molecule has 2 aliphatic carbocycles. The third-order valence-corrected chi connectivity index (χ3v) is 5.44. The molecule has 4 rings (SSSR count). The van der Waals surface area contributed by atoms with E-state index in [4.69, 9.17) is 16.3 Å². The highest BCUT2D eigenvalue weighted by atomic mass is 35.5. The lowest BCUT2D eigenvalue weighted by atomic mass is 9.83. The molecule has 0 aromatic carbocycles. The van der Waals surface area contributed by atoms with E-state index in [1.807, 2.05) is 10.9 Å². The van der Waals surface area contributed by atoms with Crippen molar-refractivity contribution in [3.63, 3.8) is 0 Å². The van der Waals surface area contributed by atoms with Gasteiger partial charge in [0.15, 0.2) is 5.15 Å². The van der Waals surface area contributed by atoms with E-state index in [0.29, 0.717) is 29.4 Å². The molecule has 0 unspecified atom stereocenters. The van der Waals surface area contributed by atoms with Crippen LogP contribution in [0.4, 0.5) is 16.0 Å². The van der Waals surface area contributed by atoms with Crippen molar-refractivity contribution in [1.29, 1.82) is 0 Å². The first-order valence-electron chi connectivity index (χ1n) is 9.25. The average Bonchev–Trinajstić information content (AvgIpc) is 3.41. The number of nitrogens with one attached hydrogen (secondary N) is 1. The second-order valence-corrected chi connectivity index (χ2v) is 7.81. The molecule has 140 valence electrons. The average molecular weight is 380 g/mol. The van der Waals surface area contributed by atoms with Crippen molar-refractivity contribution in [2.45, 2.75) is 51.5 Å². The predicted molar refractivity (Wildman–Crippen MR) is 97.4 cm³/mol. The van der Waals surface area contributed by atoms with Crippen LogP contribution in [0, 0.1) is 17.7 Å². The molecule has 2 aromatic heterocycles. The highest BCUT2D eigenvalue weighted by molar-refractivity contribution is 6.32. The van der Waals surface area contributed by atoms with Gasteiger partial charge >= 0.3 is 0 Å². The summed E-state index contributed by atoms with van der Waals surface area (Å²) in [6, 6.07) is 0.425. The van der Waals surface area contributed by atoms with Gasteiger partial charge in [0.05, 0.1) is 30.7 Å². The summed E-state index contributed by atoms with van der Waals surface area (Å²) in [5, 5.41) is 7.62. The number of anilines is 2. The molecule has 2 saturated carbocycles. The van der Waals surface area contributed by atoms with E-state index in [-0.39, 0.29) is 11.8 Å². The van der Waals surface area contributed by atoms with Crippen LogP contribution in [0.25, 0.3) is 0 Å². The molecular weight excluding hydrogens is 357 g/mol. The molecular formula is C18H23ClFN5O. The van der Waals surface area contributed by atoms with Gasteiger partial charge in [-0.2, -0.15) is 14.5 Å². The van der Waals surface area contributed by atoms with Crippen LogP contribution in [0.3, 0.4) is 0 Å². The largest absolute Gasteiger partial charge is 0.475 e. The molecule has 0 radical (unpaired) electrons. The molecule has 8 heteroatoms. The lowest BCUT2D eigenvalue weighted by molar-refractivity contribution is 0.178. The Balaban J connectivity index is 1.40. The Kier molecular flexibility index (Phi) is 4.98. The fraction of sp³-hybridized carbons (Fsp3) is 0.611. The Morgan fingerprint density at radius 3 is 2.77 bits per heavy atom. The predicted octanol–water partition coefficient (Wildman–Crippen LogP) is 4.75. The van der Waals surface area contributed by atoms with Crippen molar-refractivity contribution < 1.29 is 9.13 Å². The van der Waals surface area contributed by atoms with Crippen LogP contribution in [0.2, 0.25) is 5.15 Å². The molecule has 2 heterocycles. The van der Waals surface area contributed by atoms with Crippen LogP contribution in [-0.2, 0) is 0 Å². The van der Waals surface area contributed by atoms with Gasteiger partial charge in [0, 0.05) is 0 Å². The van der Waals surface area contributed by atoms with Crippen LogP contribution in [0.5, 0.6) is 5.88 Å². The van der Waals surface area contributed by atoms with Crippen molar-refractivity contribution in [2.75, 3.05) is 11.9 Å². The van der Waals surface area contributed by atoms with Crippen LogP contribution >= 0.6 is 11.6 Å². The van der Waals surface area contributed by atoms with E-state index < -0.39 is 5.82 Å². The van der Waals surface area contributed by atoms with Gasteiger partial charge in [-0.15, -0.1) is 0 Å². The number of hydrogen-bond acceptors (Lipinski definition) is 5. The molecule has 26 heavy (non-hydrogen) atoms. The fourth-order valence-corrected chi connectivity index (χ4v) is 3.49. The zero-order chi connectivity index (χ0) is 18.1. The maximum atomic E-state index is 14.0. The molecule has 1 N–H and O–H groups in total. The Morgan fingerprint density at radius 2 is 2.04 bits per heavy atom. The second kappa shape index (κ2) is 7.39. The van der Waals surface area contributed by atoms with E-state index in [1.54, 1.807) is 0 Å². The monoisotopic (exact) mass is 379 g/mol. The summed E-state index contributed by atoms with van der Waals surface area (Å²) in [6.45, 7) is 2.76. The maximum Gasteiger partial charge on any atom is 0.255 e. The van der Waals surface area contributed by atoms with E-state index in [0.717, 1.165) is 37.8 Å². The zero-order valence-corrected chi connectivity index (χ0v) is 15.5. The maximum absolute atomic E-state index is 14.0. The number of ether oxygens (including phenoxy) is 1. The Bertz CT molecular complexity index is 771. The van der Waals surface area contributed by atoms with E-state index in [9.17, 15) is 4.39 Å². The molecule has 6 nitrogen and oxygen atoms in total. The smallest absolute Gasteiger partial charge is 0.255 e. The molecule has 0 saturated heterocycles. The Labute approximate surface area is 157 Å². The quantitative estimate of drug-likeness (QED) is 0.784. The first-order chi connectivity index (χ1) is 12.6. The minimum atomic E-state index is -0.556.